The molecule has 8 heteroatoms. The van der Waals surface area contributed by atoms with Gasteiger partial charge >= 0.3 is 0 Å². The molecular weight excluding hydrogens is 362 g/mol. The highest BCUT2D eigenvalue weighted by atomic mass is 32.1. The molecule has 0 fully saturated rings. The van der Waals surface area contributed by atoms with Crippen LogP contribution in [0.25, 0.3) is 11.4 Å². The van der Waals surface area contributed by atoms with E-state index in [0.717, 1.165) is 5.56 Å². The van der Waals surface area contributed by atoms with Crippen molar-refractivity contribution in [3.63, 3.8) is 0 Å². The average molecular weight is 377 g/mol. The van der Waals surface area contributed by atoms with Crippen LogP contribution in [0.3, 0.4) is 0 Å². The lowest BCUT2D eigenvalue weighted by molar-refractivity contribution is -0.117. The summed E-state index contributed by atoms with van der Waals surface area (Å²) in [6.07, 6.45) is 0. The van der Waals surface area contributed by atoms with E-state index in [2.05, 4.69) is 20.7 Å². The first-order valence-corrected chi connectivity index (χ1v) is 9.14. The third kappa shape index (κ3) is 4.18. The van der Waals surface area contributed by atoms with Crippen molar-refractivity contribution in [3.05, 3.63) is 71.4 Å². The van der Waals surface area contributed by atoms with Gasteiger partial charge in [0.15, 0.2) is 5.75 Å². The van der Waals surface area contributed by atoms with Gasteiger partial charge in [-0.05, 0) is 40.9 Å². The third-order valence-corrected chi connectivity index (χ3v) is 4.33. The minimum Gasteiger partial charge on any atom is -0.455 e. The van der Waals surface area contributed by atoms with Crippen LogP contribution in [0, 0.1) is 0 Å². The lowest BCUT2D eigenvalue weighted by Crippen LogP contribution is -2.20. The zero-order valence-electron chi connectivity index (χ0n) is 14.1. The summed E-state index contributed by atoms with van der Waals surface area (Å²) in [6, 6.07) is 18.5. The number of anilines is 1. The van der Waals surface area contributed by atoms with Crippen molar-refractivity contribution in [2.45, 2.75) is 6.54 Å². The van der Waals surface area contributed by atoms with Gasteiger partial charge in [-0.15, -0.1) is 10.2 Å². The van der Waals surface area contributed by atoms with Gasteiger partial charge in [-0.1, -0.05) is 30.3 Å². The SMILES string of the molecule is O=C(Cn1nnc(-c2ccsc2)n1)Nc1ccccc1Oc1ccccc1. The van der Waals surface area contributed by atoms with Crippen LogP contribution >= 0.6 is 11.3 Å². The van der Waals surface area contributed by atoms with E-state index in [9.17, 15) is 4.79 Å². The van der Waals surface area contributed by atoms with Crippen molar-refractivity contribution < 1.29 is 9.53 Å². The molecule has 0 atom stereocenters. The molecule has 134 valence electrons. The number of carbonyl (C=O) groups is 1. The Balaban J connectivity index is 1.44. The Hall–Kier alpha value is -3.52. The van der Waals surface area contributed by atoms with Crippen LogP contribution in [0.1, 0.15) is 0 Å². The summed E-state index contributed by atoms with van der Waals surface area (Å²) in [5.74, 6) is 1.48. The normalized spacial score (nSPS) is 10.5. The van der Waals surface area contributed by atoms with E-state index >= 15 is 0 Å². The molecule has 0 radical (unpaired) electrons. The Morgan fingerprint density at radius 3 is 2.70 bits per heavy atom. The summed E-state index contributed by atoms with van der Waals surface area (Å²) >= 11 is 1.55. The van der Waals surface area contributed by atoms with E-state index in [0.29, 0.717) is 23.0 Å². The van der Waals surface area contributed by atoms with Crippen molar-refractivity contribution in [1.82, 2.24) is 20.2 Å². The summed E-state index contributed by atoms with van der Waals surface area (Å²) in [7, 11) is 0. The third-order valence-electron chi connectivity index (χ3n) is 3.65. The largest absolute Gasteiger partial charge is 0.455 e. The molecule has 4 rings (SSSR count). The van der Waals surface area contributed by atoms with Gasteiger partial charge in [-0.3, -0.25) is 4.79 Å². The van der Waals surface area contributed by atoms with Crippen LogP contribution in [0.15, 0.2) is 71.4 Å². The van der Waals surface area contributed by atoms with Crippen LogP contribution in [0.4, 0.5) is 5.69 Å². The van der Waals surface area contributed by atoms with Crippen molar-refractivity contribution in [1.29, 1.82) is 0 Å². The fourth-order valence-electron chi connectivity index (χ4n) is 2.41. The van der Waals surface area contributed by atoms with Crippen LogP contribution < -0.4 is 10.1 Å². The summed E-state index contributed by atoms with van der Waals surface area (Å²) in [4.78, 5) is 13.7. The molecule has 1 amide bonds. The number of nitrogens with one attached hydrogen (secondary N) is 1. The number of tetrazole rings is 1. The Morgan fingerprint density at radius 1 is 1.07 bits per heavy atom. The maximum absolute atomic E-state index is 12.4. The molecule has 0 unspecified atom stereocenters. The Kier molecular flexibility index (Phi) is 4.88. The quantitative estimate of drug-likeness (QED) is 0.552. The maximum Gasteiger partial charge on any atom is 0.248 e. The fourth-order valence-corrected chi connectivity index (χ4v) is 3.04. The number of carbonyl (C=O) groups excluding carboxylic acids is 1. The van der Waals surface area contributed by atoms with E-state index in [1.807, 2.05) is 59.3 Å². The van der Waals surface area contributed by atoms with Crippen molar-refractivity contribution >= 4 is 22.9 Å². The molecular formula is C19H15N5O2S. The van der Waals surface area contributed by atoms with Crippen LogP contribution in [-0.4, -0.2) is 26.1 Å². The molecule has 4 aromatic rings. The number of hydrogen-bond donors (Lipinski definition) is 1. The highest BCUT2D eigenvalue weighted by Crippen LogP contribution is 2.29. The zero-order chi connectivity index (χ0) is 18.5. The van der Waals surface area contributed by atoms with Gasteiger partial charge in [-0.2, -0.15) is 16.1 Å². The number of nitrogens with zero attached hydrogens (tertiary/aromatic N) is 4. The standard InChI is InChI=1S/C19H15N5O2S/c25-18(12-24-22-19(21-23-24)14-10-11-27-13-14)20-16-8-4-5-9-17(16)26-15-6-2-1-3-7-15/h1-11,13H,12H2,(H,20,25). The van der Waals surface area contributed by atoms with Crippen molar-refractivity contribution in [2.75, 3.05) is 5.32 Å². The monoisotopic (exact) mass is 377 g/mol. The minimum absolute atomic E-state index is 0.0448. The van der Waals surface area contributed by atoms with Gasteiger partial charge in [0.1, 0.15) is 12.3 Å². The Labute approximate surface area is 159 Å². The van der Waals surface area contributed by atoms with Crippen LogP contribution in [0.2, 0.25) is 0 Å². The number of para-hydroxylation sites is 3. The summed E-state index contributed by atoms with van der Waals surface area (Å²) < 4.78 is 5.85. The molecule has 0 aliphatic carbocycles. The first-order valence-electron chi connectivity index (χ1n) is 8.20. The molecule has 0 bridgehead atoms. The number of thiophene rings is 1. The summed E-state index contributed by atoms with van der Waals surface area (Å²) in [6.45, 7) is -0.0448. The second-order valence-electron chi connectivity index (χ2n) is 5.61. The molecule has 2 aromatic heterocycles. The molecule has 2 heterocycles. The highest BCUT2D eigenvalue weighted by molar-refractivity contribution is 7.08. The van der Waals surface area contributed by atoms with E-state index in [1.165, 1.54) is 4.80 Å². The lowest BCUT2D eigenvalue weighted by Gasteiger charge is -2.11. The predicted octanol–water partition coefficient (Wildman–Crippen LogP) is 3.83. The molecule has 0 saturated carbocycles. The number of rotatable bonds is 6. The number of hydrogen-bond acceptors (Lipinski definition) is 6. The first-order chi connectivity index (χ1) is 13.3. The van der Waals surface area contributed by atoms with Crippen LogP contribution in [0.5, 0.6) is 11.5 Å². The molecule has 0 aliphatic heterocycles. The van der Waals surface area contributed by atoms with Gasteiger partial charge in [-0.25, -0.2) is 0 Å². The number of aromatic nitrogens is 4. The van der Waals surface area contributed by atoms with E-state index in [4.69, 9.17) is 4.74 Å². The van der Waals surface area contributed by atoms with Gasteiger partial charge in [0.05, 0.1) is 5.69 Å². The Morgan fingerprint density at radius 2 is 1.89 bits per heavy atom. The predicted molar refractivity (Wildman–Crippen MR) is 103 cm³/mol. The van der Waals surface area contributed by atoms with Crippen molar-refractivity contribution in [3.8, 4) is 22.9 Å². The second-order valence-corrected chi connectivity index (χ2v) is 6.39. The summed E-state index contributed by atoms with van der Waals surface area (Å²) in [5, 5.41) is 18.8. The lowest BCUT2D eigenvalue weighted by atomic mass is 10.3. The van der Waals surface area contributed by atoms with Gasteiger partial charge in [0, 0.05) is 10.9 Å². The average Bonchev–Trinajstić information content (AvgIpc) is 3.36. The number of benzene rings is 2. The molecule has 0 saturated heterocycles. The summed E-state index contributed by atoms with van der Waals surface area (Å²) in [5.41, 5.74) is 1.46. The number of ether oxygens (including phenoxy) is 1. The number of amides is 1. The van der Waals surface area contributed by atoms with Crippen molar-refractivity contribution in [2.24, 2.45) is 0 Å². The molecule has 7 nitrogen and oxygen atoms in total. The molecule has 2 aromatic carbocycles. The van der Waals surface area contributed by atoms with E-state index in [1.54, 1.807) is 23.5 Å². The first kappa shape index (κ1) is 16.9. The molecule has 0 aliphatic rings. The highest BCUT2D eigenvalue weighted by Gasteiger charge is 2.12. The second kappa shape index (κ2) is 7.79. The molecule has 27 heavy (non-hydrogen) atoms. The van der Waals surface area contributed by atoms with E-state index < -0.39 is 0 Å². The van der Waals surface area contributed by atoms with E-state index in [-0.39, 0.29) is 12.5 Å². The Bertz CT molecular complexity index is 1030. The van der Waals surface area contributed by atoms with Crippen LogP contribution in [-0.2, 0) is 11.3 Å². The molecule has 0 spiro atoms. The smallest absolute Gasteiger partial charge is 0.248 e. The van der Waals surface area contributed by atoms with Gasteiger partial charge < -0.3 is 10.1 Å². The molecule has 1 N–H and O–H groups in total. The topological polar surface area (TPSA) is 81.9 Å². The van der Waals surface area contributed by atoms with Gasteiger partial charge in [0.2, 0.25) is 11.7 Å². The fraction of sp³-hybridized carbons (Fsp3) is 0.0526. The maximum atomic E-state index is 12.4. The zero-order valence-corrected chi connectivity index (χ0v) is 15.0. The van der Waals surface area contributed by atoms with Gasteiger partial charge in [0.25, 0.3) is 0 Å². The minimum atomic E-state index is -0.270.